The molecule has 1 aliphatic heterocycles. The van der Waals surface area contributed by atoms with Crippen molar-refractivity contribution in [1.82, 2.24) is 9.80 Å². The first-order valence-electron chi connectivity index (χ1n) is 7.21. The second-order valence-electron chi connectivity index (χ2n) is 5.32. The van der Waals surface area contributed by atoms with Gasteiger partial charge in [0, 0.05) is 26.1 Å². The third kappa shape index (κ3) is 4.04. The molecule has 2 rings (SSSR count). The number of hydrogen-bond donors (Lipinski definition) is 0. The minimum Gasteiger partial charge on any atom is -0.469 e. The monoisotopic (exact) mass is 290 g/mol. The second-order valence-corrected chi connectivity index (χ2v) is 5.32. The molecule has 1 amide bonds. The van der Waals surface area contributed by atoms with Crippen LogP contribution in [-0.4, -0.2) is 55.5 Å². The second kappa shape index (κ2) is 7.22. The fourth-order valence-electron chi connectivity index (χ4n) is 2.60. The van der Waals surface area contributed by atoms with Crippen LogP contribution in [0.2, 0.25) is 0 Å². The lowest BCUT2D eigenvalue weighted by Crippen LogP contribution is -2.49. The van der Waals surface area contributed by atoms with Crippen LogP contribution in [0, 0.1) is 0 Å². The standard InChI is InChI=1S/C16H22N2O3/c1-17-10-11-18(15(19)8-9-16(20)21-2)12-14(17)13-6-4-3-5-7-13/h3-7,14H,8-12H2,1-2H3. The van der Waals surface area contributed by atoms with Crippen LogP contribution in [0.25, 0.3) is 0 Å². The molecule has 21 heavy (non-hydrogen) atoms. The van der Waals surface area contributed by atoms with E-state index in [1.807, 2.05) is 23.1 Å². The van der Waals surface area contributed by atoms with E-state index in [1.54, 1.807) is 0 Å². The zero-order valence-corrected chi connectivity index (χ0v) is 12.6. The van der Waals surface area contributed by atoms with Crippen LogP contribution in [0.3, 0.4) is 0 Å². The Morgan fingerprint density at radius 1 is 1.19 bits per heavy atom. The molecule has 1 heterocycles. The minimum atomic E-state index is -0.336. The fourth-order valence-corrected chi connectivity index (χ4v) is 2.60. The van der Waals surface area contributed by atoms with Crippen LogP contribution in [-0.2, 0) is 14.3 Å². The summed E-state index contributed by atoms with van der Waals surface area (Å²) in [7, 11) is 3.42. The Morgan fingerprint density at radius 2 is 1.90 bits per heavy atom. The molecule has 0 bridgehead atoms. The van der Waals surface area contributed by atoms with Crippen LogP contribution in [0.15, 0.2) is 30.3 Å². The van der Waals surface area contributed by atoms with Gasteiger partial charge < -0.3 is 9.64 Å². The van der Waals surface area contributed by atoms with Crippen molar-refractivity contribution < 1.29 is 14.3 Å². The summed E-state index contributed by atoms with van der Waals surface area (Å²) in [6.45, 7) is 2.21. The third-order valence-electron chi connectivity index (χ3n) is 3.96. The van der Waals surface area contributed by atoms with Crippen LogP contribution in [0.5, 0.6) is 0 Å². The first kappa shape index (κ1) is 15.5. The number of benzene rings is 1. The minimum absolute atomic E-state index is 0.0226. The number of carbonyl (C=O) groups is 2. The molecule has 5 nitrogen and oxygen atoms in total. The quantitative estimate of drug-likeness (QED) is 0.788. The molecule has 1 unspecified atom stereocenters. The topological polar surface area (TPSA) is 49.9 Å². The summed E-state index contributed by atoms with van der Waals surface area (Å²) in [5.41, 5.74) is 1.21. The van der Waals surface area contributed by atoms with Crippen LogP contribution >= 0.6 is 0 Å². The van der Waals surface area contributed by atoms with E-state index in [2.05, 4.69) is 28.8 Å². The molecule has 1 aromatic carbocycles. The highest BCUT2D eigenvalue weighted by molar-refractivity contribution is 5.81. The molecule has 5 heteroatoms. The predicted molar refractivity (Wildman–Crippen MR) is 79.6 cm³/mol. The van der Waals surface area contributed by atoms with Crippen molar-refractivity contribution in [3.05, 3.63) is 35.9 Å². The van der Waals surface area contributed by atoms with Gasteiger partial charge in [0.1, 0.15) is 0 Å². The highest BCUT2D eigenvalue weighted by atomic mass is 16.5. The van der Waals surface area contributed by atoms with Gasteiger partial charge in [-0.15, -0.1) is 0 Å². The summed E-state index contributed by atoms with van der Waals surface area (Å²) in [5, 5.41) is 0. The lowest BCUT2D eigenvalue weighted by Gasteiger charge is -2.39. The van der Waals surface area contributed by atoms with Gasteiger partial charge in [-0.2, -0.15) is 0 Å². The molecule has 0 N–H and O–H groups in total. The summed E-state index contributed by atoms with van der Waals surface area (Å²) in [4.78, 5) is 27.4. The van der Waals surface area contributed by atoms with Gasteiger partial charge >= 0.3 is 5.97 Å². The maximum Gasteiger partial charge on any atom is 0.306 e. The van der Waals surface area contributed by atoms with Gasteiger partial charge in [0.2, 0.25) is 5.91 Å². The highest BCUT2D eigenvalue weighted by Gasteiger charge is 2.28. The van der Waals surface area contributed by atoms with Crippen molar-refractivity contribution in [2.75, 3.05) is 33.8 Å². The van der Waals surface area contributed by atoms with Gasteiger partial charge in [0.05, 0.1) is 19.6 Å². The van der Waals surface area contributed by atoms with Crippen LogP contribution in [0.4, 0.5) is 0 Å². The maximum atomic E-state index is 12.2. The molecule has 1 atom stereocenters. The van der Waals surface area contributed by atoms with E-state index in [0.29, 0.717) is 13.1 Å². The van der Waals surface area contributed by atoms with E-state index in [1.165, 1.54) is 12.7 Å². The Hall–Kier alpha value is -1.88. The molecule has 1 aliphatic rings. The number of nitrogens with zero attached hydrogens (tertiary/aromatic N) is 2. The van der Waals surface area contributed by atoms with Gasteiger partial charge in [-0.1, -0.05) is 30.3 Å². The molecule has 1 saturated heterocycles. The number of rotatable bonds is 4. The number of amides is 1. The third-order valence-corrected chi connectivity index (χ3v) is 3.96. The molecule has 0 aromatic heterocycles. The number of esters is 1. The van der Waals surface area contributed by atoms with Gasteiger partial charge in [-0.3, -0.25) is 14.5 Å². The Bertz CT molecular complexity index is 490. The lowest BCUT2D eigenvalue weighted by molar-refractivity contribution is -0.144. The van der Waals surface area contributed by atoms with E-state index in [-0.39, 0.29) is 30.8 Å². The van der Waals surface area contributed by atoms with Crippen molar-refractivity contribution >= 4 is 11.9 Å². The molecule has 0 aliphatic carbocycles. The van der Waals surface area contributed by atoms with Crippen molar-refractivity contribution in [3.63, 3.8) is 0 Å². The summed E-state index contributed by atoms with van der Waals surface area (Å²) in [6, 6.07) is 10.4. The zero-order chi connectivity index (χ0) is 15.2. The molecule has 1 fully saturated rings. The van der Waals surface area contributed by atoms with E-state index < -0.39 is 0 Å². The number of methoxy groups -OCH3 is 1. The maximum absolute atomic E-state index is 12.2. The molecular formula is C16H22N2O3. The molecule has 0 radical (unpaired) electrons. The van der Waals surface area contributed by atoms with E-state index >= 15 is 0 Å². The van der Waals surface area contributed by atoms with Crippen molar-refractivity contribution in [2.45, 2.75) is 18.9 Å². The van der Waals surface area contributed by atoms with Gasteiger partial charge in [0.15, 0.2) is 0 Å². The fraction of sp³-hybridized carbons (Fsp3) is 0.500. The molecule has 1 aromatic rings. The van der Waals surface area contributed by atoms with Gasteiger partial charge in [0.25, 0.3) is 0 Å². The number of hydrogen-bond acceptors (Lipinski definition) is 4. The van der Waals surface area contributed by atoms with Crippen LogP contribution < -0.4 is 0 Å². The first-order chi connectivity index (χ1) is 10.1. The van der Waals surface area contributed by atoms with Crippen molar-refractivity contribution in [3.8, 4) is 0 Å². The SMILES string of the molecule is COC(=O)CCC(=O)N1CCN(C)C(c2ccccc2)C1. The normalized spacial score (nSPS) is 19.3. The highest BCUT2D eigenvalue weighted by Crippen LogP contribution is 2.24. The Labute approximate surface area is 125 Å². The van der Waals surface area contributed by atoms with Gasteiger partial charge in [-0.25, -0.2) is 0 Å². The zero-order valence-electron chi connectivity index (χ0n) is 12.6. The predicted octanol–water partition coefficient (Wildman–Crippen LogP) is 1.45. The summed E-state index contributed by atoms with van der Waals surface area (Å²) in [6.07, 6.45) is 0.371. The summed E-state index contributed by atoms with van der Waals surface area (Å²) < 4.78 is 4.58. The van der Waals surface area contributed by atoms with Crippen molar-refractivity contribution in [2.24, 2.45) is 0 Å². The summed E-state index contributed by atoms with van der Waals surface area (Å²) in [5.74, 6) is -0.313. The smallest absolute Gasteiger partial charge is 0.306 e. The number of likely N-dealkylation sites (N-methyl/N-ethyl adjacent to an activating group) is 1. The van der Waals surface area contributed by atoms with Crippen LogP contribution in [0.1, 0.15) is 24.4 Å². The average molecular weight is 290 g/mol. The van der Waals surface area contributed by atoms with E-state index in [4.69, 9.17) is 0 Å². The largest absolute Gasteiger partial charge is 0.469 e. The van der Waals surface area contributed by atoms with E-state index in [9.17, 15) is 9.59 Å². The van der Waals surface area contributed by atoms with Gasteiger partial charge in [-0.05, 0) is 12.6 Å². The Kier molecular flexibility index (Phi) is 5.33. The molecular weight excluding hydrogens is 268 g/mol. The lowest BCUT2D eigenvalue weighted by atomic mass is 10.0. The van der Waals surface area contributed by atoms with Crippen molar-refractivity contribution in [1.29, 1.82) is 0 Å². The number of piperazine rings is 1. The van der Waals surface area contributed by atoms with E-state index in [0.717, 1.165) is 6.54 Å². The number of carbonyl (C=O) groups excluding carboxylic acids is 2. The molecule has 114 valence electrons. The Balaban J connectivity index is 1.97. The average Bonchev–Trinajstić information content (AvgIpc) is 2.53. The molecule has 0 spiro atoms. The first-order valence-corrected chi connectivity index (χ1v) is 7.21. The Morgan fingerprint density at radius 3 is 2.57 bits per heavy atom. The summed E-state index contributed by atoms with van der Waals surface area (Å²) >= 11 is 0. The number of ether oxygens (including phenoxy) is 1. The molecule has 0 saturated carbocycles.